The van der Waals surface area contributed by atoms with Crippen molar-refractivity contribution in [3.63, 3.8) is 0 Å². The molecule has 5 nitrogen and oxygen atoms in total. The highest BCUT2D eigenvalue weighted by Crippen LogP contribution is 2.18. The average molecular weight is 264 g/mol. The van der Waals surface area contributed by atoms with E-state index in [1.54, 1.807) is 18.2 Å². The third-order valence-corrected chi connectivity index (χ3v) is 2.85. The molecule has 5 heteroatoms. The van der Waals surface area contributed by atoms with Crippen molar-refractivity contribution in [1.82, 2.24) is 0 Å². The maximum atomic E-state index is 11.9. The number of nitrogens with one attached hydrogen (secondary N) is 1. The van der Waals surface area contributed by atoms with Crippen molar-refractivity contribution < 1.29 is 14.3 Å². The minimum atomic E-state index is -0.536. The Kier molecular flexibility index (Phi) is 5.51. The second-order valence-corrected chi connectivity index (χ2v) is 4.41. The van der Waals surface area contributed by atoms with Crippen LogP contribution in [0.15, 0.2) is 18.2 Å². The van der Waals surface area contributed by atoms with E-state index in [1.165, 1.54) is 7.11 Å². The van der Waals surface area contributed by atoms with Crippen LogP contribution in [0.5, 0.6) is 0 Å². The number of hydrogen-bond donors (Lipinski definition) is 2. The molecule has 19 heavy (non-hydrogen) atoms. The first-order valence-corrected chi connectivity index (χ1v) is 6.25. The van der Waals surface area contributed by atoms with Gasteiger partial charge in [0.15, 0.2) is 0 Å². The lowest BCUT2D eigenvalue weighted by atomic mass is 10.1. The molecule has 0 spiro atoms. The third-order valence-electron chi connectivity index (χ3n) is 2.85. The number of hydrogen-bond acceptors (Lipinski definition) is 4. The quantitative estimate of drug-likeness (QED) is 0.795. The largest absolute Gasteiger partial charge is 0.465 e. The number of amides is 1. The molecule has 1 rings (SSSR count). The van der Waals surface area contributed by atoms with Crippen molar-refractivity contribution in [1.29, 1.82) is 0 Å². The number of esters is 1. The Bertz CT molecular complexity index is 472. The summed E-state index contributed by atoms with van der Waals surface area (Å²) < 4.78 is 4.65. The number of anilines is 1. The van der Waals surface area contributed by atoms with Gasteiger partial charge < -0.3 is 15.8 Å². The number of benzene rings is 1. The molecule has 0 saturated carbocycles. The van der Waals surface area contributed by atoms with E-state index in [9.17, 15) is 9.59 Å². The van der Waals surface area contributed by atoms with E-state index in [1.807, 2.05) is 13.8 Å². The monoisotopic (exact) mass is 264 g/mol. The molecule has 0 aliphatic heterocycles. The van der Waals surface area contributed by atoms with Crippen LogP contribution in [-0.2, 0) is 9.53 Å². The fourth-order valence-corrected chi connectivity index (χ4v) is 1.67. The van der Waals surface area contributed by atoms with Gasteiger partial charge in [0.1, 0.15) is 0 Å². The van der Waals surface area contributed by atoms with Gasteiger partial charge in [-0.1, -0.05) is 19.4 Å². The van der Waals surface area contributed by atoms with Gasteiger partial charge in [0.2, 0.25) is 5.91 Å². The summed E-state index contributed by atoms with van der Waals surface area (Å²) in [6, 6.07) is 4.47. The second-order valence-electron chi connectivity index (χ2n) is 4.41. The van der Waals surface area contributed by atoms with Crippen LogP contribution in [0.1, 0.15) is 35.7 Å². The first-order chi connectivity index (χ1) is 8.99. The Labute approximate surface area is 113 Å². The highest BCUT2D eigenvalue weighted by atomic mass is 16.5. The average Bonchev–Trinajstić information content (AvgIpc) is 2.40. The highest BCUT2D eigenvalue weighted by Gasteiger charge is 2.14. The van der Waals surface area contributed by atoms with Crippen LogP contribution in [0, 0.1) is 6.92 Å². The fraction of sp³-hybridized carbons (Fsp3) is 0.429. The van der Waals surface area contributed by atoms with E-state index >= 15 is 0 Å². The smallest absolute Gasteiger partial charge is 0.337 e. The third kappa shape index (κ3) is 4.06. The van der Waals surface area contributed by atoms with E-state index in [4.69, 9.17) is 5.73 Å². The SMILES string of the molecule is CCC[C@H](N)C(=O)Nc1cc(C(=O)OC)ccc1C. The van der Waals surface area contributed by atoms with Crippen LogP contribution in [0.3, 0.4) is 0 Å². The summed E-state index contributed by atoms with van der Waals surface area (Å²) in [6.07, 6.45) is 1.47. The van der Waals surface area contributed by atoms with E-state index in [-0.39, 0.29) is 5.91 Å². The second kappa shape index (κ2) is 6.89. The molecule has 0 bridgehead atoms. The molecule has 1 aromatic rings. The molecular formula is C14H20N2O3. The minimum Gasteiger partial charge on any atom is -0.465 e. The highest BCUT2D eigenvalue weighted by molar-refractivity contribution is 5.97. The lowest BCUT2D eigenvalue weighted by Crippen LogP contribution is -2.35. The first-order valence-electron chi connectivity index (χ1n) is 6.25. The van der Waals surface area contributed by atoms with Crippen molar-refractivity contribution in [2.75, 3.05) is 12.4 Å². The molecule has 104 valence electrons. The standard InChI is InChI=1S/C14H20N2O3/c1-4-5-11(15)13(17)16-12-8-10(14(18)19-3)7-6-9(12)2/h6-8,11H,4-5,15H2,1-3H3,(H,16,17)/t11-/m0/s1. The van der Waals surface area contributed by atoms with Gasteiger partial charge in [-0.25, -0.2) is 4.79 Å². The van der Waals surface area contributed by atoms with Crippen LogP contribution in [0.25, 0.3) is 0 Å². The topological polar surface area (TPSA) is 81.4 Å². The Morgan fingerprint density at radius 1 is 1.42 bits per heavy atom. The van der Waals surface area contributed by atoms with Gasteiger partial charge in [-0.05, 0) is 31.0 Å². The van der Waals surface area contributed by atoms with Gasteiger partial charge in [0, 0.05) is 5.69 Å². The molecule has 3 N–H and O–H groups in total. The van der Waals surface area contributed by atoms with Crippen molar-refractivity contribution >= 4 is 17.6 Å². The van der Waals surface area contributed by atoms with Crippen LogP contribution < -0.4 is 11.1 Å². The molecule has 0 radical (unpaired) electrons. The number of aryl methyl sites for hydroxylation is 1. The van der Waals surface area contributed by atoms with Gasteiger partial charge in [0.25, 0.3) is 0 Å². The van der Waals surface area contributed by atoms with E-state index < -0.39 is 12.0 Å². The Morgan fingerprint density at radius 2 is 2.11 bits per heavy atom. The van der Waals surface area contributed by atoms with Crippen LogP contribution in [0.4, 0.5) is 5.69 Å². The summed E-state index contributed by atoms with van der Waals surface area (Å²) in [6.45, 7) is 3.82. The van der Waals surface area contributed by atoms with Gasteiger partial charge in [-0.2, -0.15) is 0 Å². The first kappa shape index (κ1) is 15.2. The molecule has 0 unspecified atom stereocenters. The molecular weight excluding hydrogens is 244 g/mol. The predicted octanol–water partition coefficient (Wildman–Crippen LogP) is 1.85. The van der Waals surface area contributed by atoms with Crippen LogP contribution in [-0.4, -0.2) is 25.0 Å². The normalized spacial score (nSPS) is 11.8. The number of methoxy groups -OCH3 is 1. The maximum absolute atomic E-state index is 11.9. The summed E-state index contributed by atoms with van der Waals surface area (Å²) >= 11 is 0. The summed E-state index contributed by atoms with van der Waals surface area (Å²) in [5, 5.41) is 2.74. The fourth-order valence-electron chi connectivity index (χ4n) is 1.67. The van der Waals surface area contributed by atoms with Crippen molar-refractivity contribution in [3.8, 4) is 0 Å². The number of ether oxygens (including phenoxy) is 1. The molecule has 0 fully saturated rings. The van der Waals surface area contributed by atoms with Crippen molar-refractivity contribution in [2.45, 2.75) is 32.7 Å². The van der Waals surface area contributed by atoms with E-state index in [0.29, 0.717) is 17.7 Å². The van der Waals surface area contributed by atoms with Crippen molar-refractivity contribution in [2.24, 2.45) is 5.73 Å². The number of nitrogens with two attached hydrogens (primary N) is 1. The van der Waals surface area contributed by atoms with Gasteiger partial charge >= 0.3 is 5.97 Å². The molecule has 0 heterocycles. The zero-order valence-corrected chi connectivity index (χ0v) is 11.5. The summed E-state index contributed by atoms with van der Waals surface area (Å²) in [5.74, 6) is -0.680. The summed E-state index contributed by atoms with van der Waals surface area (Å²) in [4.78, 5) is 23.3. The van der Waals surface area contributed by atoms with Crippen LogP contribution >= 0.6 is 0 Å². The number of carbonyl (C=O) groups is 2. The number of carbonyl (C=O) groups excluding carboxylic acids is 2. The molecule has 0 aliphatic rings. The Morgan fingerprint density at radius 3 is 2.68 bits per heavy atom. The van der Waals surface area contributed by atoms with Crippen LogP contribution in [0.2, 0.25) is 0 Å². The van der Waals surface area contributed by atoms with Gasteiger partial charge in [0.05, 0.1) is 18.7 Å². The molecule has 0 aliphatic carbocycles. The molecule has 1 atom stereocenters. The summed E-state index contributed by atoms with van der Waals surface area (Å²) in [7, 11) is 1.32. The predicted molar refractivity (Wildman–Crippen MR) is 74.0 cm³/mol. The Balaban J connectivity index is 2.88. The zero-order chi connectivity index (χ0) is 14.4. The Hall–Kier alpha value is -1.88. The molecule has 1 aromatic carbocycles. The van der Waals surface area contributed by atoms with E-state index in [2.05, 4.69) is 10.1 Å². The lowest BCUT2D eigenvalue weighted by molar-refractivity contribution is -0.117. The van der Waals surface area contributed by atoms with Gasteiger partial charge in [-0.15, -0.1) is 0 Å². The zero-order valence-electron chi connectivity index (χ0n) is 11.5. The van der Waals surface area contributed by atoms with Crippen molar-refractivity contribution in [3.05, 3.63) is 29.3 Å². The molecule has 1 amide bonds. The molecule has 0 saturated heterocycles. The minimum absolute atomic E-state index is 0.244. The number of rotatable bonds is 5. The van der Waals surface area contributed by atoms with Gasteiger partial charge in [-0.3, -0.25) is 4.79 Å². The summed E-state index contributed by atoms with van der Waals surface area (Å²) in [5.41, 5.74) is 7.59. The molecule has 0 aromatic heterocycles. The van der Waals surface area contributed by atoms with E-state index in [0.717, 1.165) is 12.0 Å². The lowest BCUT2D eigenvalue weighted by Gasteiger charge is -2.13. The maximum Gasteiger partial charge on any atom is 0.337 e.